The van der Waals surface area contributed by atoms with Gasteiger partial charge in [-0.3, -0.25) is 4.90 Å². The highest BCUT2D eigenvalue weighted by Crippen LogP contribution is 2.55. The Hall–Kier alpha value is -0.450. The summed E-state index contributed by atoms with van der Waals surface area (Å²) in [6.45, 7) is 3.45. The van der Waals surface area contributed by atoms with Crippen LogP contribution < -0.4 is 5.32 Å². The Morgan fingerprint density at radius 3 is 3.06 bits per heavy atom. The quantitative estimate of drug-likeness (QED) is 0.867. The van der Waals surface area contributed by atoms with Gasteiger partial charge in [0.05, 0.1) is 6.54 Å². The lowest BCUT2D eigenvalue weighted by Crippen LogP contribution is -2.34. The Morgan fingerprint density at radius 1 is 1.56 bits per heavy atom. The van der Waals surface area contributed by atoms with Gasteiger partial charge in [0.1, 0.15) is 5.01 Å². The molecule has 2 fully saturated rings. The molecule has 0 bridgehead atoms. The molecule has 16 heavy (non-hydrogen) atoms. The van der Waals surface area contributed by atoms with Crippen LogP contribution in [0, 0.1) is 5.41 Å². The maximum absolute atomic E-state index is 4.36. The van der Waals surface area contributed by atoms with Crippen molar-refractivity contribution in [1.29, 1.82) is 0 Å². The van der Waals surface area contributed by atoms with E-state index in [9.17, 15) is 0 Å². The van der Waals surface area contributed by atoms with E-state index in [0.717, 1.165) is 12.6 Å². The molecule has 1 saturated heterocycles. The number of aromatic nitrogens is 1. The van der Waals surface area contributed by atoms with E-state index in [-0.39, 0.29) is 0 Å². The number of nitrogens with one attached hydrogen (secondary N) is 1. The van der Waals surface area contributed by atoms with Gasteiger partial charge in [-0.1, -0.05) is 0 Å². The van der Waals surface area contributed by atoms with Gasteiger partial charge in [-0.15, -0.1) is 11.3 Å². The van der Waals surface area contributed by atoms with Crippen molar-refractivity contribution >= 4 is 11.3 Å². The van der Waals surface area contributed by atoms with Gasteiger partial charge in [-0.25, -0.2) is 4.98 Å². The monoisotopic (exact) mass is 237 g/mol. The predicted octanol–water partition coefficient (Wildman–Crippen LogP) is 1.72. The lowest BCUT2D eigenvalue weighted by atomic mass is 9.93. The molecule has 0 aromatic carbocycles. The topological polar surface area (TPSA) is 28.2 Å². The lowest BCUT2D eigenvalue weighted by Gasteiger charge is -2.26. The second-order valence-corrected chi connectivity index (χ2v) is 6.15. The zero-order chi connectivity index (χ0) is 11.0. The minimum absolute atomic E-state index is 0.650. The second-order valence-electron chi connectivity index (χ2n) is 5.17. The largest absolute Gasteiger partial charge is 0.317 e. The summed E-state index contributed by atoms with van der Waals surface area (Å²) in [5.41, 5.74) is 0.650. The normalized spacial score (nSPS) is 27.5. The molecule has 1 aliphatic carbocycles. The number of piperidine rings is 1. The zero-order valence-electron chi connectivity index (χ0n) is 9.78. The van der Waals surface area contributed by atoms with Crippen LogP contribution in [0.15, 0.2) is 11.6 Å². The Balaban J connectivity index is 1.59. The van der Waals surface area contributed by atoms with Crippen LogP contribution in [-0.4, -0.2) is 36.1 Å². The van der Waals surface area contributed by atoms with Crippen LogP contribution in [0.3, 0.4) is 0 Å². The van der Waals surface area contributed by atoms with E-state index in [2.05, 4.69) is 27.6 Å². The van der Waals surface area contributed by atoms with Gasteiger partial charge in [0.15, 0.2) is 0 Å². The first kappa shape index (κ1) is 10.7. The highest BCUT2D eigenvalue weighted by atomic mass is 32.1. The van der Waals surface area contributed by atoms with Gasteiger partial charge in [-0.2, -0.15) is 0 Å². The van der Waals surface area contributed by atoms with Gasteiger partial charge in [0.2, 0.25) is 0 Å². The maximum Gasteiger partial charge on any atom is 0.107 e. The first-order chi connectivity index (χ1) is 7.80. The molecule has 0 unspecified atom stereocenters. The van der Waals surface area contributed by atoms with Crippen LogP contribution in [0.4, 0.5) is 0 Å². The van der Waals surface area contributed by atoms with Crippen molar-refractivity contribution in [2.24, 2.45) is 5.41 Å². The van der Waals surface area contributed by atoms with Crippen LogP contribution >= 0.6 is 11.3 Å². The van der Waals surface area contributed by atoms with E-state index in [1.54, 1.807) is 11.3 Å². The molecule has 2 heterocycles. The van der Waals surface area contributed by atoms with Gasteiger partial charge < -0.3 is 5.32 Å². The fourth-order valence-corrected chi connectivity index (χ4v) is 3.74. The summed E-state index contributed by atoms with van der Waals surface area (Å²) in [4.78, 5) is 6.87. The standard InChI is InChI=1S/C12H19N3S/c1-15(9-11-14-6-7-16-11)10-8-12(10)2-4-13-5-3-12/h6-7,10,13H,2-5,8-9H2,1H3/t10-/m0/s1. The average molecular weight is 237 g/mol. The third-order valence-corrected chi connectivity index (χ3v) is 4.91. The number of rotatable bonds is 3. The van der Waals surface area contributed by atoms with Crippen molar-refractivity contribution in [1.82, 2.24) is 15.2 Å². The van der Waals surface area contributed by atoms with Crippen molar-refractivity contribution in [2.75, 3.05) is 20.1 Å². The van der Waals surface area contributed by atoms with Gasteiger partial charge in [0.25, 0.3) is 0 Å². The van der Waals surface area contributed by atoms with Crippen molar-refractivity contribution in [3.63, 3.8) is 0 Å². The van der Waals surface area contributed by atoms with E-state index >= 15 is 0 Å². The number of hydrogen-bond donors (Lipinski definition) is 1. The maximum atomic E-state index is 4.36. The number of nitrogens with zero attached hydrogens (tertiary/aromatic N) is 2. The summed E-state index contributed by atoms with van der Waals surface area (Å²) >= 11 is 1.77. The third-order valence-electron chi connectivity index (χ3n) is 4.15. The van der Waals surface area contributed by atoms with E-state index < -0.39 is 0 Å². The molecule has 1 spiro atoms. The van der Waals surface area contributed by atoms with Gasteiger partial charge >= 0.3 is 0 Å². The van der Waals surface area contributed by atoms with Crippen LogP contribution in [0.1, 0.15) is 24.3 Å². The van der Waals surface area contributed by atoms with Crippen molar-refractivity contribution in [2.45, 2.75) is 31.8 Å². The molecule has 88 valence electrons. The number of thiazole rings is 1. The van der Waals surface area contributed by atoms with E-state index in [1.807, 2.05) is 6.20 Å². The van der Waals surface area contributed by atoms with Crippen LogP contribution in [0.2, 0.25) is 0 Å². The van der Waals surface area contributed by atoms with Crippen LogP contribution in [-0.2, 0) is 6.54 Å². The van der Waals surface area contributed by atoms with E-state index in [1.165, 1.54) is 37.4 Å². The van der Waals surface area contributed by atoms with Crippen LogP contribution in [0.5, 0.6) is 0 Å². The molecule has 3 nitrogen and oxygen atoms in total. The lowest BCUT2D eigenvalue weighted by molar-refractivity contribution is 0.231. The summed E-state index contributed by atoms with van der Waals surface area (Å²) in [5.74, 6) is 0. The highest BCUT2D eigenvalue weighted by Gasteiger charge is 2.55. The summed E-state index contributed by atoms with van der Waals surface area (Å²) in [7, 11) is 2.25. The van der Waals surface area contributed by atoms with Crippen molar-refractivity contribution in [3.05, 3.63) is 16.6 Å². The molecular formula is C12H19N3S. The molecule has 1 aliphatic heterocycles. The summed E-state index contributed by atoms with van der Waals surface area (Å²) < 4.78 is 0. The number of hydrogen-bond acceptors (Lipinski definition) is 4. The zero-order valence-corrected chi connectivity index (χ0v) is 10.6. The molecule has 1 N–H and O–H groups in total. The SMILES string of the molecule is CN(Cc1nccs1)[C@H]1CC12CCNCC2. The first-order valence-corrected chi connectivity index (χ1v) is 6.97. The Labute approximate surface area is 101 Å². The second kappa shape index (κ2) is 4.09. The molecule has 0 amide bonds. The molecule has 1 aromatic rings. The fraction of sp³-hybridized carbons (Fsp3) is 0.750. The highest BCUT2D eigenvalue weighted by molar-refractivity contribution is 7.09. The van der Waals surface area contributed by atoms with Gasteiger partial charge in [-0.05, 0) is 44.8 Å². The molecule has 1 saturated carbocycles. The smallest absolute Gasteiger partial charge is 0.107 e. The van der Waals surface area contributed by atoms with Gasteiger partial charge in [0, 0.05) is 17.6 Å². The van der Waals surface area contributed by atoms with Crippen molar-refractivity contribution < 1.29 is 0 Å². The molecule has 1 atom stereocenters. The first-order valence-electron chi connectivity index (χ1n) is 6.09. The Bertz CT molecular complexity index is 343. The van der Waals surface area contributed by atoms with E-state index in [0.29, 0.717) is 5.41 Å². The third kappa shape index (κ3) is 1.90. The average Bonchev–Trinajstić information content (AvgIpc) is 2.76. The molecule has 1 aromatic heterocycles. The van der Waals surface area contributed by atoms with E-state index in [4.69, 9.17) is 0 Å². The minimum atomic E-state index is 0.650. The summed E-state index contributed by atoms with van der Waals surface area (Å²) in [6.07, 6.45) is 6.03. The molecule has 3 rings (SSSR count). The fourth-order valence-electron chi connectivity index (χ4n) is 3.07. The van der Waals surface area contributed by atoms with Crippen LogP contribution in [0.25, 0.3) is 0 Å². The molecule has 0 radical (unpaired) electrons. The minimum Gasteiger partial charge on any atom is -0.317 e. The molecular weight excluding hydrogens is 218 g/mol. The Morgan fingerprint density at radius 2 is 2.38 bits per heavy atom. The summed E-state index contributed by atoms with van der Waals surface area (Å²) in [5, 5.41) is 6.77. The predicted molar refractivity (Wildman–Crippen MR) is 66.5 cm³/mol. The summed E-state index contributed by atoms with van der Waals surface area (Å²) in [6, 6.07) is 0.804. The molecule has 4 heteroatoms. The molecule has 2 aliphatic rings. The van der Waals surface area contributed by atoms with Crippen molar-refractivity contribution in [3.8, 4) is 0 Å². The Kier molecular flexibility index (Phi) is 2.73.